The van der Waals surface area contributed by atoms with Gasteiger partial charge in [-0.3, -0.25) is 14.4 Å². The first kappa shape index (κ1) is 22.2. The van der Waals surface area contributed by atoms with E-state index in [1.54, 1.807) is 24.3 Å². The van der Waals surface area contributed by atoms with E-state index in [9.17, 15) is 19.5 Å². The number of fused-ring (bicyclic) bond motifs is 2. The van der Waals surface area contributed by atoms with E-state index in [2.05, 4.69) is 0 Å². The first-order valence-electron chi connectivity index (χ1n) is 12.1. The molecule has 1 aromatic rings. The highest BCUT2D eigenvalue weighted by molar-refractivity contribution is 5.95. The Bertz CT molecular complexity index is 905. The maximum absolute atomic E-state index is 13.1. The van der Waals surface area contributed by atoms with E-state index >= 15 is 0 Å². The molecule has 5 rings (SSSR count). The summed E-state index contributed by atoms with van der Waals surface area (Å²) in [5, 5.41) is 9.98. The maximum atomic E-state index is 13.1. The fourth-order valence-corrected chi connectivity index (χ4v) is 5.67. The molecule has 2 saturated heterocycles. The summed E-state index contributed by atoms with van der Waals surface area (Å²) in [5.74, 6) is -0.304. The molecule has 2 amide bonds. The number of hydrogen-bond donors (Lipinski definition) is 2. The minimum Gasteiger partial charge on any atom is -0.490 e. The molecule has 178 valence electrons. The van der Waals surface area contributed by atoms with Crippen molar-refractivity contribution < 1.29 is 29.0 Å². The van der Waals surface area contributed by atoms with Crippen molar-refractivity contribution >= 4 is 17.8 Å². The van der Waals surface area contributed by atoms with Gasteiger partial charge in [-0.2, -0.15) is 0 Å². The molecule has 2 bridgehead atoms. The van der Waals surface area contributed by atoms with Gasteiger partial charge in [-0.1, -0.05) is 0 Å². The lowest BCUT2D eigenvalue weighted by Crippen LogP contribution is -2.51. The molecule has 0 radical (unpaired) electrons. The van der Waals surface area contributed by atoms with E-state index in [0.29, 0.717) is 49.8 Å². The van der Waals surface area contributed by atoms with Gasteiger partial charge in [-0.05, 0) is 88.5 Å². The topological polar surface area (TPSA) is 119 Å². The zero-order chi connectivity index (χ0) is 23.2. The maximum Gasteiger partial charge on any atom is 0.309 e. The number of aliphatic hydroxyl groups excluding tert-OH is 1. The molecular weight excluding hydrogens is 424 g/mol. The van der Waals surface area contributed by atoms with Crippen molar-refractivity contribution in [2.75, 3.05) is 0 Å². The Morgan fingerprint density at radius 1 is 0.939 bits per heavy atom. The summed E-state index contributed by atoms with van der Waals surface area (Å²) < 4.78 is 11.7. The van der Waals surface area contributed by atoms with Gasteiger partial charge in [0.15, 0.2) is 5.60 Å². The molecule has 0 spiro atoms. The number of primary amides is 1. The molecule has 4 fully saturated rings. The van der Waals surface area contributed by atoms with Crippen molar-refractivity contribution in [1.82, 2.24) is 4.90 Å². The van der Waals surface area contributed by atoms with Crippen LogP contribution < -0.4 is 10.5 Å². The number of carbonyl (C=O) groups is 3. The largest absolute Gasteiger partial charge is 0.490 e. The van der Waals surface area contributed by atoms with Gasteiger partial charge in [0.25, 0.3) is 11.8 Å². The second kappa shape index (κ2) is 8.63. The molecule has 8 nitrogen and oxygen atoms in total. The minimum absolute atomic E-state index is 0.0161. The SMILES string of the molecule is NC(=O)C1(OC(=O)C2CC2)CCC(Oc2ccc(C(=O)N3C4CCC3CC(O)C4)cc2)CC1. The van der Waals surface area contributed by atoms with E-state index in [-0.39, 0.29) is 42.1 Å². The van der Waals surface area contributed by atoms with Crippen molar-refractivity contribution in [1.29, 1.82) is 0 Å². The van der Waals surface area contributed by atoms with E-state index in [1.807, 2.05) is 4.90 Å². The summed E-state index contributed by atoms with van der Waals surface area (Å²) in [7, 11) is 0. The van der Waals surface area contributed by atoms with Gasteiger partial charge in [0.1, 0.15) is 5.75 Å². The van der Waals surface area contributed by atoms with Gasteiger partial charge in [-0.25, -0.2) is 0 Å². The Balaban J connectivity index is 1.17. The van der Waals surface area contributed by atoms with Crippen LogP contribution in [0.4, 0.5) is 0 Å². The summed E-state index contributed by atoms with van der Waals surface area (Å²) in [6.07, 6.45) is 6.28. The lowest BCUT2D eigenvalue weighted by atomic mass is 9.82. The number of nitrogens with zero attached hydrogens (tertiary/aromatic N) is 1. The third-order valence-corrected chi connectivity index (χ3v) is 7.74. The van der Waals surface area contributed by atoms with Crippen LogP contribution in [0.1, 0.15) is 74.6 Å². The second-order valence-corrected chi connectivity index (χ2v) is 10.1. The molecule has 2 unspecified atom stereocenters. The van der Waals surface area contributed by atoms with Crippen LogP contribution in [-0.2, 0) is 14.3 Å². The van der Waals surface area contributed by atoms with E-state index < -0.39 is 11.5 Å². The van der Waals surface area contributed by atoms with Crippen molar-refractivity contribution in [2.45, 2.75) is 94.1 Å². The number of hydrogen-bond acceptors (Lipinski definition) is 6. The van der Waals surface area contributed by atoms with Gasteiger partial charge in [0, 0.05) is 17.6 Å². The standard InChI is InChI=1S/C25H32N2O6/c26-24(31)25(33-23(30)16-1-2-16)11-9-21(10-12-25)32-20-7-3-15(4-8-20)22(29)27-17-5-6-18(27)14-19(28)13-17/h3-4,7-8,16-19,21,28H,1-2,5-6,9-14H2,(H2,26,31). The van der Waals surface area contributed by atoms with Gasteiger partial charge in [0.05, 0.1) is 18.1 Å². The average molecular weight is 457 g/mol. The Labute approximate surface area is 193 Å². The van der Waals surface area contributed by atoms with Crippen LogP contribution in [0, 0.1) is 5.92 Å². The molecule has 2 heterocycles. The quantitative estimate of drug-likeness (QED) is 0.634. The Morgan fingerprint density at radius 3 is 2.09 bits per heavy atom. The summed E-state index contributed by atoms with van der Waals surface area (Å²) >= 11 is 0. The molecule has 1 aromatic carbocycles. The minimum atomic E-state index is -1.23. The Hall–Kier alpha value is -2.61. The number of piperidine rings is 1. The number of ether oxygens (including phenoxy) is 2. The van der Waals surface area contributed by atoms with E-state index in [4.69, 9.17) is 15.2 Å². The second-order valence-electron chi connectivity index (χ2n) is 10.1. The highest BCUT2D eigenvalue weighted by Gasteiger charge is 2.47. The highest BCUT2D eigenvalue weighted by Crippen LogP contribution is 2.39. The smallest absolute Gasteiger partial charge is 0.309 e. The third kappa shape index (κ3) is 4.45. The number of benzene rings is 1. The third-order valence-electron chi connectivity index (χ3n) is 7.74. The van der Waals surface area contributed by atoms with Crippen LogP contribution >= 0.6 is 0 Å². The van der Waals surface area contributed by atoms with Crippen LogP contribution in [0.15, 0.2) is 24.3 Å². The molecule has 4 aliphatic rings. The highest BCUT2D eigenvalue weighted by atomic mass is 16.6. The number of carbonyl (C=O) groups excluding carboxylic acids is 3. The lowest BCUT2D eigenvalue weighted by molar-refractivity contribution is -0.174. The van der Waals surface area contributed by atoms with Gasteiger partial charge < -0.3 is 25.2 Å². The lowest BCUT2D eigenvalue weighted by Gasteiger charge is -2.37. The molecule has 3 N–H and O–H groups in total. The summed E-state index contributed by atoms with van der Waals surface area (Å²) in [4.78, 5) is 39.2. The van der Waals surface area contributed by atoms with E-state index in [1.165, 1.54) is 0 Å². The average Bonchev–Trinajstić information content (AvgIpc) is 3.60. The molecule has 8 heteroatoms. The Kier molecular flexibility index (Phi) is 5.80. The zero-order valence-electron chi connectivity index (χ0n) is 18.8. The molecule has 2 atom stereocenters. The molecular formula is C25H32N2O6. The number of nitrogens with two attached hydrogens (primary N) is 1. The number of amides is 2. The monoisotopic (exact) mass is 456 g/mol. The van der Waals surface area contributed by atoms with Gasteiger partial charge in [0.2, 0.25) is 0 Å². The molecule has 2 saturated carbocycles. The summed E-state index contributed by atoms with van der Waals surface area (Å²) in [6, 6.07) is 7.44. The summed E-state index contributed by atoms with van der Waals surface area (Å²) in [5.41, 5.74) is 5.00. The number of esters is 1. The number of rotatable bonds is 6. The molecule has 2 aliphatic heterocycles. The Morgan fingerprint density at radius 2 is 1.55 bits per heavy atom. The first-order valence-corrected chi connectivity index (χ1v) is 12.1. The fraction of sp³-hybridized carbons (Fsp3) is 0.640. The normalized spacial score (nSPS) is 33.4. The predicted octanol–water partition coefficient (Wildman–Crippen LogP) is 2.31. The van der Waals surface area contributed by atoms with Crippen LogP contribution in [-0.4, -0.2) is 57.7 Å². The molecule has 33 heavy (non-hydrogen) atoms. The van der Waals surface area contributed by atoms with Crippen LogP contribution in [0.3, 0.4) is 0 Å². The van der Waals surface area contributed by atoms with Crippen LogP contribution in [0.25, 0.3) is 0 Å². The van der Waals surface area contributed by atoms with Crippen molar-refractivity contribution in [2.24, 2.45) is 11.7 Å². The van der Waals surface area contributed by atoms with Gasteiger partial charge >= 0.3 is 5.97 Å². The van der Waals surface area contributed by atoms with Gasteiger partial charge in [-0.15, -0.1) is 0 Å². The molecule has 2 aliphatic carbocycles. The van der Waals surface area contributed by atoms with Crippen LogP contribution in [0.5, 0.6) is 5.75 Å². The fourth-order valence-electron chi connectivity index (χ4n) is 5.67. The number of aliphatic hydroxyl groups is 1. The molecule has 0 aromatic heterocycles. The van der Waals surface area contributed by atoms with Crippen molar-refractivity contribution in [3.8, 4) is 5.75 Å². The predicted molar refractivity (Wildman–Crippen MR) is 118 cm³/mol. The van der Waals surface area contributed by atoms with E-state index in [0.717, 1.165) is 25.7 Å². The van der Waals surface area contributed by atoms with Crippen LogP contribution in [0.2, 0.25) is 0 Å². The zero-order valence-corrected chi connectivity index (χ0v) is 18.8. The van der Waals surface area contributed by atoms with Crippen molar-refractivity contribution in [3.05, 3.63) is 29.8 Å². The summed E-state index contributed by atoms with van der Waals surface area (Å²) in [6.45, 7) is 0. The van der Waals surface area contributed by atoms with Crippen molar-refractivity contribution in [3.63, 3.8) is 0 Å². The first-order chi connectivity index (χ1) is 15.8.